The van der Waals surface area contributed by atoms with Gasteiger partial charge in [0.2, 0.25) is 0 Å². The lowest BCUT2D eigenvalue weighted by molar-refractivity contribution is 0.141. The summed E-state index contributed by atoms with van der Waals surface area (Å²) >= 11 is 0. The fourth-order valence-corrected chi connectivity index (χ4v) is 2.09. The second-order valence-electron chi connectivity index (χ2n) is 4.62. The van der Waals surface area contributed by atoms with E-state index in [1.807, 2.05) is 54.6 Å². The summed E-state index contributed by atoms with van der Waals surface area (Å²) in [5.41, 5.74) is 2.10. The second-order valence-corrected chi connectivity index (χ2v) is 4.62. The van der Waals surface area contributed by atoms with Gasteiger partial charge in [0.15, 0.2) is 0 Å². The summed E-state index contributed by atoms with van der Waals surface area (Å²) in [6.45, 7) is 1.06. The van der Waals surface area contributed by atoms with Gasteiger partial charge in [0.05, 0.1) is 6.54 Å². The molecule has 1 heterocycles. The zero-order valence-corrected chi connectivity index (χ0v) is 10.9. The fraction of sp³-hybridized carbons (Fsp3) is 0.188. The van der Waals surface area contributed by atoms with Crippen LogP contribution in [0.1, 0.15) is 17.2 Å². The molecule has 0 aliphatic carbocycles. The average molecular weight is 269 g/mol. The van der Waals surface area contributed by atoms with E-state index in [1.165, 1.54) is 0 Å². The van der Waals surface area contributed by atoms with Crippen molar-refractivity contribution in [1.82, 2.24) is 5.32 Å². The fourth-order valence-electron chi connectivity index (χ4n) is 2.09. The number of hydrogen-bond acceptors (Lipinski definition) is 3. The maximum atomic E-state index is 11.0. The van der Waals surface area contributed by atoms with Crippen LogP contribution in [0.15, 0.2) is 54.6 Å². The standard InChI is InChI=1S/C16H15NO3/c18-16-17-10-15(20-16)13-6-8-14(9-7-13)19-11-12-4-2-1-3-5-12/h1-9,15H,10-11H2,(H,17,18)/t15-/m0/s1. The second kappa shape index (κ2) is 5.65. The zero-order chi connectivity index (χ0) is 13.8. The van der Waals surface area contributed by atoms with Crippen LogP contribution < -0.4 is 10.1 Å². The molecule has 0 saturated carbocycles. The molecule has 1 saturated heterocycles. The van der Waals surface area contributed by atoms with Crippen molar-refractivity contribution in [2.24, 2.45) is 0 Å². The normalized spacial score (nSPS) is 17.4. The van der Waals surface area contributed by atoms with Gasteiger partial charge < -0.3 is 14.8 Å². The Labute approximate surface area is 117 Å². The van der Waals surface area contributed by atoms with E-state index in [1.54, 1.807) is 0 Å². The maximum Gasteiger partial charge on any atom is 0.407 e. The Balaban J connectivity index is 1.60. The first-order valence-electron chi connectivity index (χ1n) is 6.52. The van der Waals surface area contributed by atoms with E-state index >= 15 is 0 Å². The number of carbonyl (C=O) groups is 1. The lowest BCUT2D eigenvalue weighted by atomic mass is 10.1. The highest BCUT2D eigenvalue weighted by Crippen LogP contribution is 2.23. The van der Waals surface area contributed by atoms with Gasteiger partial charge in [-0.15, -0.1) is 0 Å². The van der Waals surface area contributed by atoms with Gasteiger partial charge >= 0.3 is 6.09 Å². The molecular formula is C16H15NO3. The molecule has 0 spiro atoms. The van der Waals surface area contributed by atoms with E-state index in [0.717, 1.165) is 16.9 Å². The highest BCUT2D eigenvalue weighted by atomic mass is 16.6. The molecule has 2 aromatic carbocycles. The molecule has 1 N–H and O–H groups in total. The van der Waals surface area contributed by atoms with Gasteiger partial charge in [-0.2, -0.15) is 0 Å². The largest absolute Gasteiger partial charge is 0.489 e. The minimum Gasteiger partial charge on any atom is -0.489 e. The minimum atomic E-state index is -0.362. The number of alkyl carbamates (subject to hydrolysis) is 1. The number of cyclic esters (lactones) is 1. The first-order valence-corrected chi connectivity index (χ1v) is 6.52. The third kappa shape index (κ3) is 2.91. The lowest BCUT2D eigenvalue weighted by Gasteiger charge is -2.10. The van der Waals surface area contributed by atoms with Crippen molar-refractivity contribution in [3.05, 3.63) is 65.7 Å². The van der Waals surface area contributed by atoms with Crippen molar-refractivity contribution in [1.29, 1.82) is 0 Å². The Bertz CT molecular complexity index is 580. The van der Waals surface area contributed by atoms with Gasteiger partial charge in [0, 0.05) is 0 Å². The summed E-state index contributed by atoms with van der Waals surface area (Å²) in [6, 6.07) is 17.6. The first-order chi connectivity index (χ1) is 9.81. The molecule has 3 rings (SSSR count). The van der Waals surface area contributed by atoms with Crippen molar-refractivity contribution in [3.63, 3.8) is 0 Å². The van der Waals surface area contributed by atoms with Crippen molar-refractivity contribution < 1.29 is 14.3 Å². The highest BCUT2D eigenvalue weighted by Gasteiger charge is 2.23. The number of benzene rings is 2. The minimum absolute atomic E-state index is 0.203. The van der Waals surface area contributed by atoms with Crippen LogP contribution >= 0.6 is 0 Å². The van der Waals surface area contributed by atoms with E-state index in [9.17, 15) is 4.79 Å². The number of amides is 1. The molecule has 4 nitrogen and oxygen atoms in total. The van der Waals surface area contributed by atoms with Crippen molar-refractivity contribution >= 4 is 6.09 Å². The molecule has 1 atom stereocenters. The van der Waals surface area contributed by atoms with Crippen molar-refractivity contribution in [2.45, 2.75) is 12.7 Å². The molecule has 0 radical (unpaired) electrons. The van der Waals surface area contributed by atoms with Crippen molar-refractivity contribution in [2.75, 3.05) is 6.54 Å². The summed E-state index contributed by atoms with van der Waals surface area (Å²) in [5.74, 6) is 0.801. The first kappa shape index (κ1) is 12.5. The Morgan fingerprint density at radius 1 is 1.10 bits per heavy atom. The molecule has 0 aromatic heterocycles. The van der Waals surface area contributed by atoms with Gasteiger partial charge in [0.25, 0.3) is 0 Å². The molecule has 102 valence electrons. The predicted molar refractivity (Wildman–Crippen MR) is 74.4 cm³/mol. The Morgan fingerprint density at radius 2 is 1.85 bits per heavy atom. The molecule has 1 aliphatic rings. The maximum absolute atomic E-state index is 11.0. The summed E-state index contributed by atoms with van der Waals surface area (Å²) in [4.78, 5) is 11.0. The number of ether oxygens (including phenoxy) is 2. The molecule has 0 unspecified atom stereocenters. The number of nitrogens with one attached hydrogen (secondary N) is 1. The average Bonchev–Trinajstić information content (AvgIpc) is 2.93. The van der Waals surface area contributed by atoms with Crippen LogP contribution in [-0.2, 0) is 11.3 Å². The van der Waals surface area contributed by atoms with Gasteiger partial charge in [-0.25, -0.2) is 4.79 Å². The lowest BCUT2D eigenvalue weighted by Crippen LogP contribution is -2.12. The van der Waals surface area contributed by atoms with E-state index in [-0.39, 0.29) is 12.2 Å². The van der Waals surface area contributed by atoms with E-state index < -0.39 is 0 Å². The van der Waals surface area contributed by atoms with Gasteiger partial charge in [0.1, 0.15) is 18.5 Å². The predicted octanol–water partition coefficient (Wildman–Crippen LogP) is 3.05. The van der Waals surface area contributed by atoms with Crippen LogP contribution in [0.25, 0.3) is 0 Å². The molecular weight excluding hydrogens is 254 g/mol. The van der Waals surface area contributed by atoms with Gasteiger partial charge in [-0.1, -0.05) is 42.5 Å². The summed E-state index contributed by atoms with van der Waals surface area (Å²) in [6.07, 6.45) is -0.565. The third-order valence-corrected chi connectivity index (χ3v) is 3.18. The number of rotatable bonds is 4. The van der Waals surface area contributed by atoms with Crippen LogP contribution in [-0.4, -0.2) is 12.6 Å². The Morgan fingerprint density at radius 3 is 2.50 bits per heavy atom. The molecule has 0 bridgehead atoms. The van der Waals surface area contributed by atoms with Crippen molar-refractivity contribution in [3.8, 4) is 5.75 Å². The molecule has 20 heavy (non-hydrogen) atoms. The van der Waals surface area contributed by atoms with Crippen LogP contribution in [0.4, 0.5) is 4.79 Å². The number of carbonyl (C=O) groups excluding carboxylic acids is 1. The monoisotopic (exact) mass is 269 g/mol. The van der Waals surface area contributed by atoms with Crippen LogP contribution in [0.2, 0.25) is 0 Å². The quantitative estimate of drug-likeness (QED) is 0.928. The SMILES string of the molecule is O=C1NC[C@@H](c2ccc(OCc3ccccc3)cc2)O1. The summed E-state index contributed by atoms with van der Waals surface area (Å²) < 4.78 is 10.8. The van der Waals surface area contributed by atoms with Gasteiger partial charge in [-0.05, 0) is 23.3 Å². The van der Waals surface area contributed by atoms with E-state index in [4.69, 9.17) is 9.47 Å². The molecule has 1 aliphatic heterocycles. The summed E-state index contributed by atoms with van der Waals surface area (Å²) in [5, 5.41) is 2.64. The van der Waals surface area contributed by atoms with Crippen LogP contribution in [0.3, 0.4) is 0 Å². The molecule has 4 heteroatoms. The topological polar surface area (TPSA) is 47.6 Å². The van der Waals surface area contributed by atoms with Crippen LogP contribution in [0.5, 0.6) is 5.75 Å². The Kier molecular flexibility index (Phi) is 3.54. The number of hydrogen-bond donors (Lipinski definition) is 1. The van der Waals surface area contributed by atoms with Gasteiger partial charge in [-0.3, -0.25) is 0 Å². The molecule has 1 fully saturated rings. The smallest absolute Gasteiger partial charge is 0.407 e. The molecule has 2 aromatic rings. The summed E-state index contributed by atoms with van der Waals surface area (Å²) in [7, 11) is 0. The molecule has 1 amide bonds. The van der Waals surface area contributed by atoms with Crippen LogP contribution in [0, 0.1) is 0 Å². The third-order valence-electron chi connectivity index (χ3n) is 3.18. The zero-order valence-electron chi connectivity index (χ0n) is 10.9. The Hall–Kier alpha value is -2.49. The highest BCUT2D eigenvalue weighted by molar-refractivity contribution is 5.69. The van der Waals surface area contributed by atoms with E-state index in [0.29, 0.717) is 13.2 Å². The van der Waals surface area contributed by atoms with E-state index in [2.05, 4.69) is 5.32 Å².